The van der Waals surface area contributed by atoms with Crippen LogP contribution in [0.1, 0.15) is 11.1 Å². The monoisotopic (exact) mass is 277 g/mol. The van der Waals surface area contributed by atoms with Crippen LogP contribution < -0.4 is 0 Å². The Morgan fingerprint density at radius 3 is 2.63 bits per heavy atom. The summed E-state index contributed by atoms with van der Waals surface area (Å²) in [5.41, 5.74) is 2.12. The van der Waals surface area contributed by atoms with Crippen molar-refractivity contribution in [1.82, 2.24) is 14.9 Å². The van der Waals surface area contributed by atoms with Crippen LogP contribution in [0.5, 0.6) is 0 Å². The molecule has 0 atom stereocenters. The first kappa shape index (κ1) is 13.9. The quantitative estimate of drug-likeness (QED) is 0.879. The molecule has 0 aromatic carbocycles. The first-order chi connectivity index (χ1) is 9.29. The summed E-state index contributed by atoms with van der Waals surface area (Å²) in [7, 11) is 0. The number of aliphatic hydroxyl groups excluding tert-OH is 1. The van der Waals surface area contributed by atoms with Crippen LogP contribution in [0.25, 0.3) is 0 Å². The van der Waals surface area contributed by atoms with Crippen molar-refractivity contribution < 1.29 is 5.11 Å². The molecular formula is C14H16ClN3O. The maximum atomic E-state index is 9.16. The van der Waals surface area contributed by atoms with E-state index in [1.54, 1.807) is 18.6 Å². The Morgan fingerprint density at radius 2 is 1.95 bits per heavy atom. The van der Waals surface area contributed by atoms with Crippen LogP contribution in [-0.2, 0) is 13.1 Å². The fourth-order valence-corrected chi connectivity index (χ4v) is 2.06. The molecule has 100 valence electrons. The van der Waals surface area contributed by atoms with E-state index in [4.69, 9.17) is 16.7 Å². The Kier molecular flexibility index (Phi) is 5.27. The van der Waals surface area contributed by atoms with Crippen LogP contribution in [0.2, 0.25) is 5.02 Å². The second-order valence-electron chi connectivity index (χ2n) is 4.26. The van der Waals surface area contributed by atoms with Gasteiger partial charge in [0, 0.05) is 44.4 Å². The largest absolute Gasteiger partial charge is 0.395 e. The van der Waals surface area contributed by atoms with Crippen molar-refractivity contribution in [3.63, 3.8) is 0 Å². The van der Waals surface area contributed by atoms with Gasteiger partial charge in [-0.1, -0.05) is 17.7 Å². The first-order valence-corrected chi connectivity index (χ1v) is 6.48. The third-order valence-corrected chi connectivity index (χ3v) is 3.14. The molecule has 0 radical (unpaired) electrons. The summed E-state index contributed by atoms with van der Waals surface area (Å²) in [6.45, 7) is 2.11. The molecule has 0 saturated carbocycles. The van der Waals surface area contributed by atoms with Gasteiger partial charge in [-0.2, -0.15) is 0 Å². The van der Waals surface area contributed by atoms with E-state index >= 15 is 0 Å². The van der Waals surface area contributed by atoms with Crippen LogP contribution in [0.3, 0.4) is 0 Å². The van der Waals surface area contributed by atoms with Gasteiger partial charge in [-0.25, -0.2) is 0 Å². The molecule has 0 unspecified atom stereocenters. The molecule has 2 aromatic rings. The molecule has 0 aliphatic heterocycles. The second-order valence-corrected chi connectivity index (χ2v) is 4.67. The van der Waals surface area contributed by atoms with Crippen LogP contribution in [0, 0.1) is 0 Å². The Bertz CT molecular complexity index is 507. The average Bonchev–Trinajstić information content (AvgIpc) is 2.43. The van der Waals surface area contributed by atoms with E-state index in [1.807, 2.05) is 24.4 Å². The number of hydrogen-bond donors (Lipinski definition) is 1. The molecule has 0 aliphatic carbocycles. The van der Waals surface area contributed by atoms with Gasteiger partial charge in [0.05, 0.1) is 11.6 Å². The van der Waals surface area contributed by atoms with Crippen molar-refractivity contribution >= 4 is 11.6 Å². The topological polar surface area (TPSA) is 49.2 Å². The molecule has 2 rings (SSSR count). The van der Waals surface area contributed by atoms with Crippen LogP contribution in [-0.4, -0.2) is 33.1 Å². The first-order valence-electron chi connectivity index (χ1n) is 6.10. The van der Waals surface area contributed by atoms with E-state index < -0.39 is 0 Å². The molecule has 2 heterocycles. The Labute approximate surface area is 117 Å². The van der Waals surface area contributed by atoms with Crippen LogP contribution in [0.4, 0.5) is 0 Å². The number of aromatic nitrogens is 2. The lowest BCUT2D eigenvalue weighted by Crippen LogP contribution is -2.26. The minimum absolute atomic E-state index is 0.114. The molecular weight excluding hydrogens is 262 g/mol. The van der Waals surface area contributed by atoms with Gasteiger partial charge >= 0.3 is 0 Å². The Balaban J connectivity index is 2.06. The second kappa shape index (κ2) is 7.19. The van der Waals surface area contributed by atoms with Crippen molar-refractivity contribution in [2.24, 2.45) is 0 Å². The average molecular weight is 278 g/mol. The van der Waals surface area contributed by atoms with Gasteiger partial charge in [0.2, 0.25) is 0 Å². The van der Waals surface area contributed by atoms with E-state index in [-0.39, 0.29) is 6.61 Å². The zero-order valence-corrected chi connectivity index (χ0v) is 11.3. The smallest absolute Gasteiger partial charge is 0.0634 e. The van der Waals surface area contributed by atoms with Crippen molar-refractivity contribution in [2.45, 2.75) is 13.1 Å². The van der Waals surface area contributed by atoms with E-state index in [0.29, 0.717) is 18.1 Å². The molecule has 2 aromatic heterocycles. The highest BCUT2D eigenvalue weighted by Gasteiger charge is 2.09. The summed E-state index contributed by atoms with van der Waals surface area (Å²) in [5, 5.41) is 9.81. The summed E-state index contributed by atoms with van der Waals surface area (Å²) in [5.74, 6) is 0. The molecule has 0 saturated heterocycles. The predicted octanol–water partition coefficient (Wildman–Crippen LogP) is 2.12. The van der Waals surface area contributed by atoms with Gasteiger partial charge in [0.1, 0.15) is 0 Å². The minimum atomic E-state index is 0.114. The molecule has 4 nitrogen and oxygen atoms in total. The van der Waals surface area contributed by atoms with Gasteiger partial charge < -0.3 is 5.11 Å². The highest BCUT2D eigenvalue weighted by atomic mass is 35.5. The number of nitrogens with zero attached hydrogens (tertiary/aromatic N) is 3. The lowest BCUT2D eigenvalue weighted by Gasteiger charge is -2.21. The summed E-state index contributed by atoms with van der Waals surface area (Å²) < 4.78 is 0. The van der Waals surface area contributed by atoms with Crippen molar-refractivity contribution in [3.8, 4) is 0 Å². The van der Waals surface area contributed by atoms with Crippen molar-refractivity contribution in [1.29, 1.82) is 0 Å². The van der Waals surface area contributed by atoms with Gasteiger partial charge in [-0.05, 0) is 23.3 Å². The molecule has 5 heteroatoms. The lowest BCUT2D eigenvalue weighted by molar-refractivity contribution is 0.184. The summed E-state index contributed by atoms with van der Waals surface area (Å²) in [6, 6.07) is 5.83. The van der Waals surface area contributed by atoms with E-state index in [2.05, 4.69) is 14.9 Å². The van der Waals surface area contributed by atoms with Gasteiger partial charge in [-0.15, -0.1) is 0 Å². The SMILES string of the molecule is OCCN(Cc1cccnc1)Cc1ccncc1Cl. The normalized spacial score (nSPS) is 10.9. The predicted molar refractivity (Wildman–Crippen MR) is 74.7 cm³/mol. The van der Waals surface area contributed by atoms with Crippen molar-refractivity contribution in [3.05, 3.63) is 59.1 Å². The van der Waals surface area contributed by atoms with Gasteiger partial charge in [-0.3, -0.25) is 14.9 Å². The zero-order chi connectivity index (χ0) is 13.5. The van der Waals surface area contributed by atoms with Gasteiger partial charge in [0.25, 0.3) is 0 Å². The molecule has 19 heavy (non-hydrogen) atoms. The van der Waals surface area contributed by atoms with E-state index in [9.17, 15) is 0 Å². The Morgan fingerprint density at radius 1 is 1.11 bits per heavy atom. The number of hydrogen-bond acceptors (Lipinski definition) is 4. The summed E-state index contributed by atoms with van der Waals surface area (Å²) in [6.07, 6.45) is 6.94. The lowest BCUT2D eigenvalue weighted by atomic mass is 10.2. The van der Waals surface area contributed by atoms with Crippen LogP contribution >= 0.6 is 11.6 Å². The standard InChI is InChI=1S/C14H16ClN3O/c15-14-9-17-5-3-13(14)11-18(6-7-19)10-12-2-1-4-16-8-12/h1-5,8-9,19H,6-7,10-11H2. The van der Waals surface area contributed by atoms with E-state index in [1.165, 1.54) is 0 Å². The Hall–Kier alpha value is -1.49. The number of halogens is 1. The highest BCUT2D eigenvalue weighted by Crippen LogP contribution is 2.16. The molecule has 0 fully saturated rings. The maximum absolute atomic E-state index is 9.16. The molecule has 1 N–H and O–H groups in total. The molecule has 0 aliphatic rings. The van der Waals surface area contributed by atoms with Crippen LogP contribution in [0.15, 0.2) is 43.0 Å². The maximum Gasteiger partial charge on any atom is 0.0634 e. The summed E-state index contributed by atoms with van der Waals surface area (Å²) >= 11 is 6.11. The zero-order valence-electron chi connectivity index (χ0n) is 10.5. The molecule has 0 bridgehead atoms. The van der Waals surface area contributed by atoms with Crippen molar-refractivity contribution in [2.75, 3.05) is 13.2 Å². The third kappa shape index (κ3) is 4.28. The number of pyridine rings is 2. The number of rotatable bonds is 6. The van der Waals surface area contributed by atoms with Gasteiger partial charge in [0.15, 0.2) is 0 Å². The fraction of sp³-hybridized carbons (Fsp3) is 0.286. The van der Waals surface area contributed by atoms with E-state index in [0.717, 1.165) is 17.7 Å². The highest BCUT2D eigenvalue weighted by molar-refractivity contribution is 6.31. The fourth-order valence-electron chi connectivity index (χ4n) is 1.88. The molecule has 0 spiro atoms. The molecule has 0 amide bonds. The summed E-state index contributed by atoms with van der Waals surface area (Å²) in [4.78, 5) is 10.2. The third-order valence-electron chi connectivity index (χ3n) is 2.80. The number of aliphatic hydroxyl groups is 1. The minimum Gasteiger partial charge on any atom is -0.395 e.